The highest BCUT2D eigenvalue weighted by atomic mass is 32.1. The largest absolute Gasteiger partial charge is 0.301 e. The van der Waals surface area contributed by atoms with Crippen LogP contribution in [0.15, 0.2) is 17.5 Å². The van der Waals surface area contributed by atoms with E-state index in [1.54, 1.807) is 11.3 Å². The van der Waals surface area contributed by atoms with Crippen LogP contribution in [0.4, 0.5) is 0 Å². The summed E-state index contributed by atoms with van der Waals surface area (Å²) in [6, 6.07) is 4.55. The summed E-state index contributed by atoms with van der Waals surface area (Å²) in [6.07, 6.45) is 2.25. The van der Waals surface area contributed by atoms with Gasteiger partial charge in [0.25, 0.3) is 0 Å². The van der Waals surface area contributed by atoms with Crippen molar-refractivity contribution in [2.45, 2.75) is 39.3 Å². The third kappa shape index (κ3) is 3.97. The van der Waals surface area contributed by atoms with Crippen molar-refractivity contribution in [3.05, 3.63) is 28.2 Å². The molecule has 3 heterocycles. The van der Waals surface area contributed by atoms with Crippen molar-refractivity contribution in [3.63, 3.8) is 0 Å². The first-order valence-corrected chi connectivity index (χ1v) is 9.44. The van der Waals surface area contributed by atoms with Gasteiger partial charge >= 0.3 is 0 Å². The Hall–Kier alpha value is -1.31. The lowest BCUT2D eigenvalue weighted by molar-refractivity contribution is 0.0889. The summed E-state index contributed by atoms with van der Waals surface area (Å²) in [7, 11) is 0. The minimum absolute atomic E-state index is 0.328. The smallest absolute Gasteiger partial charge is 0.168 e. The van der Waals surface area contributed by atoms with Crippen LogP contribution < -0.4 is 0 Å². The molecule has 1 fully saturated rings. The summed E-state index contributed by atoms with van der Waals surface area (Å²) in [4.78, 5) is 6.37. The van der Waals surface area contributed by atoms with Crippen molar-refractivity contribution >= 4 is 11.3 Å². The zero-order valence-corrected chi connectivity index (χ0v) is 14.9. The normalized spacial score (nSPS) is 18.3. The van der Waals surface area contributed by atoms with E-state index in [2.05, 4.69) is 56.7 Å². The van der Waals surface area contributed by atoms with Gasteiger partial charge in [0.15, 0.2) is 5.82 Å². The van der Waals surface area contributed by atoms with Crippen LogP contribution in [-0.4, -0.2) is 62.7 Å². The number of hydrogen-bond donors (Lipinski definition) is 0. The number of rotatable bonds is 7. The van der Waals surface area contributed by atoms with Gasteiger partial charge in [0.05, 0.1) is 12.6 Å². The molecule has 1 aliphatic rings. The Balaban J connectivity index is 1.75. The average Bonchev–Trinajstić information content (AvgIpc) is 3.25. The number of tetrazole rings is 1. The van der Waals surface area contributed by atoms with Crippen molar-refractivity contribution in [2.75, 3.05) is 32.7 Å². The molecule has 0 spiro atoms. The zero-order chi connectivity index (χ0) is 16.1. The molecule has 0 unspecified atom stereocenters. The first-order chi connectivity index (χ1) is 11.3. The molecule has 0 saturated carbocycles. The van der Waals surface area contributed by atoms with E-state index < -0.39 is 0 Å². The highest BCUT2D eigenvalue weighted by molar-refractivity contribution is 7.09. The van der Waals surface area contributed by atoms with Gasteiger partial charge in [0, 0.05) is 31.1 Å². The van der Waals surface area contributed by atoms with Gasteiger partial charge in [-0.2, -0.15) is 0 Å². The number of piperazine rings is 1. The summed E-state index contributed by atoms with van der Waals surface area (Å²) in [6.45, 7) is 10.9. The highest BCUT2D eigenvalue weighted by Gasteiger charge is 2.28. The SMILES string of the molecule is CCC[C@@H](c1nnnn1Cc1cccs1)N1CCN(CC)CC1. The van der Waals surface area contributed by atoms with Crippen LogP contribution in [0.2, 0.25) is 0 Å². The van der Waals surface area contributed by atoms with Crippen LogP contribution in [0, 0.1) is 0 Å². The topological polar surface area (TPSA) is 50.1 Å². The lowest BCUT2D eigenvalue weighted by Crippen LogP contribution is -2.47. The molecule has 6 nitrogen and oxygen atoms in total. The van der Waals surface area contributed by atoms with Crippen molar-refractivity contribution in [1.29, 1.82) is 0 Å². The molecule has 0 aromatic carbocycles. The summed E-state index contributed by atoms with van der Waals surface area (Å²) in [5, 5.41) is 14.7. The van der Waals surface area contributed by atoms with Crippen LogP contribution in [0.1, 0.15) is 43.4 Å². The Morgan fingerprint density at radius 1 is 1.22 bits per heavy atom. The number of nitrogens with zero attached hydrogens (tertiary/aromatic N) is 6. The summed E-state index contributed by atoms with van der Waals surface area (Å²) < 4.78 is 1.98. The number of hydrogen-bond acceptors (Lipinski definition) is 6. The van der Waals surface area contributed by atoms with E-state index >= 15 is 0 Å². The van der Waals surface area contributed by atoms with Gasteiger partial charge in [0.2, 0.25) is 0 Å². The molecule has 1 aliphatic heterocycles. The molecule has 0 bridgehead atoms. The number of thiophene rings is 1. The molecular weight excluding hydrogens is 308 g/mol. The van der Waals surface area contributed by atoms with Gasteiger partial charge in [-0.1, -0.05) is 26.3 Å². The van der Waals surface area contributed by atoms with Gasteiger partial charge in [0.1, 0.15) is 0 Å². The van der Waals surface area contributed by atoms with E-state index in [-0.39, 0.29) is 0 Å². The molecule has 0 radical (unpaired) electrons. The lowest BCUT2D eigenvalue weighted by atomic mass is 10.1. The molecule has 2 aromatic heterocycles. The fraction of sp³-hybridized carbons (Fsp3) is 0.688. The van der Waals surface area contributed by atoms with Crippen LogP contribution in [-0.2, 0) is 6.54 Å². The van der Waals surface area contributed by atoms with Gasteiger partial charge in [-0.05, 0) is 34.8 Å². The second-order valence-electron chi connectivity index (χ2n) is 6.05. The maximum absolute atomic E-state index is 4.38. The van der Waals surface area contributed by atoms with Crippen LogP contribution in [0.25, 0.3) is 0 Å². The van der Waals surface area contributed by atoms with E-state index in [4.69, 9.17) is 0 Å². The standard InChI is InChI=1S/C16H26N6S/c1-3-6-15(21-10-8-20(4-2)9-11-21)16-17-18-19-22(16)13-14-7-5-12-23-14/h5,7,12,15H,3-4,6,8-11,13H2,1-2H3/t15-/m0/s1. The van der Waals surface area contributed by atoms with E-state index in [0.717, 1.165) is 57.9 Å². The maximum atomic E-state index is 4.38. The highest BCUT2D eigenvalue weighted by Crippen LogP contribution is 2.25. The Kier molecular flexibility index (Phi) is 5.75. The minimum Gasteiger partial charge on any atom is -0.301 e. The fourth-order valence-electron chi connectivity index (χ4n) is 3.25. The molecule has 0 amide bonds. The average molecular weight is 334 g/mol. The van der Waals surface area contributed by atoms with Gasteiger partial charge in [-0.15, -0.1) is 16.4 Å². The second kappa shape index (κ2) is 7.99. The molecule has 1 atom stereocenters. The Bertz CT molecular complexity index is 573. The van der Waals surface area contributed by atoms with Gasteiger partial charge in [-0.25, -0.2) is 4.68 Å². The van der Waals surface area contributed by atoms with Crippen LogP contribution in [0.5, 0.6) is 0 Å². The predicted octanol–water partition coefficient (Wildman–Crippen LogP) is 2.26. The zero-order valence-electron chi connectivity index (χ0n) is 14.1. The molecule has 2 aromatic rings. The van der Waals surface area contributed by atoms with E-state index in [9.17, 15) is 0 Å². The van der Waals surface area contributed by atoms with Gasteiger partial charge < -0.3 is 4.90 Å². The lowest BCUT2D eigenvalue weighted by Gasteiger charge is -2.38. The van der Waals surface area contributed by atoms with Crippen molar-refractivity contribution < 1.29 is 0 Å². The van der Waals surface area contributed by atoms with Crippen molar-refractivity contribution in [3.8, 4) is 0 Å². The number of likely N-dealkylation sites (N-methyl/N-ethyl adjacent to an activating group) is 1. The van der Waals surface area contributed by atoms with Gasteiger partial charge in [-0.3, -0.25) is 4.90 Å². The molecule has 1 saturated heterocycles. The summed E-state index contributed by atoms with van der Waals surface area (Å²) >= 11 is 1.76. The second-order valence-corrected chi connectivity index (χ2v) is 7.08. The Labute approximate surface area is 142 Å². The third-order valence-corrected chi connectivity index (χ3v) is 5.46. The first kappa shape index (κ1) is 16.5. The van der Waals surface area contributed by atoms with E-state index in [1.165, 1.54) is 4.88 Å². The van der Waals surface area contributed by atoms with Crippen molar-refractivity contribution in [2.24, 2.45) is 0 Å². The van der Waals surface area contributed by atoms with Crippen LogP contribution in [0.3, 0.4) is 0 Å². The third-order valence-electron chi connectivity index (χ3n) is 4.60. The summed E-state index contributed by atoms with van der Waals surface area (Å²) in [5.74, 6) is 1.02. The van der Waals surface area contributed by atoms with Crippen LogP contribution >= 0.6 is 11.3 Å². The summed E-state index contributed by atoms with van der Waals surface area (Å²) in [5.41, 5.74) is 0. The Morgan fingerprint density at radius 3 is 2.70 bits per heavy atom. The fourth-order valence-corrected chi connectivity index (χ4v) is 3.94. The molecule has 3 rings (SSSR count). The maximum Gasteiger partial charge on any atom is 0.168 e. The van der Waals surface area contributed by atoms with E-state index in [0.29, 0.717) is 6.04 Å². The molecule has 0 aliphatic carbocycles. The molecule has 0 N–H and O–H groups in total. The molecule has 126 valence electrons. The molecular formula is C16H26N6S. The predicted molar refractivity (Wildman–Crippen MR) is 92.6 cm³/mol. The molecule has 7 heteroatoms. The van der Waals surface area contributed by atoms with Crippen molar-refractivity contribution in [1.82, 2.24) is 30.0 Å². The minimum atomic E-state index is 0.328. The Morgan fingerprint density at radius 2 is 2.04 bits per heavy atom. The number of aromatic nitrogens is 4. The van der Waals surface area contributed by atoms with E-state index in [1.807, 2.05) is 4.68 Å². The quantitative estimate of drug-likeness (QED) is 0.777. The first-order valence-electron chi connectivity index (χ1n) is 8.56. The monoisotopic (exact) mass is 334 g/mol. The molecule has 23 heavy (non-hydrogen) atoms.